The van der Waals surface area contributed by atoms with Crippen molar-refractivity contribution in [1.29, 1.82) is 0 Å². The number of fused-ring (bicyclic) bond motifs is 1. The molecule has 4 rings (SSSR count). The number of pyridine rings is 1. The number of hydrogen-bond acceptors (Lipinski definition) is 4. The van der Waals surface area contributed by atoms with E-state index >= 15 is 0 Å². The van der Waals surface area contributed by atoms with E-state index in [1.165, 1.54) is 0 Å². The zero-order chi connectivity index (χ0) is 20.8. The quantitative estimate of drug-likeness (QED) is 0.546. The largest absolute Gasteiger partial charge is 0.416 e. The molecule has 0 unspecified atom stereocenters. The minimum absolute atomic E-state index is 0.147. The van der Waals surface area contributed by atoms with Gasteiger partial charge >= 0.3 is 6.18 Å². The highest BCUT2D eigenvalue weighted by atomic mass is 32.2. The van der Waals surface area contributed by atoms with Gasteiger partial charge in [0.2, 0.25) is 0 Å². The number of alkyl halides is 3. The number of nitrogens with zero attached hydrogens (tertiary/aromatic N) is 4. The van der Waals surface area contributed by atoms with Crippen LogP contribution in [0.3, 0.4) is 0 Å². The van der Waals surface area contributed by atoms with Crippen LogP contribution < -0.4 is 4.72 Å². The number of rotatable bonds is 4. The number of hydrogen-bond donors (Lipinski definition) is 1. The van der Waals surface area contributed by atoms with Crippen LogP contribution in [0.15, 0.2) is 66.1 Å². The maximum atomic E-state index is 12.9. The molecule has 0 saturated carbocycles. The molecule has 0 aliphatic rings. The third-order valence-electron chi connectivity index (χ3n) is 4.32. The third-order valence-corrected chi connectivity index (χ3v) is 5.64. The SMILES string of the molecule is Cn1ccc2cccc(NS(=O)(=O)c3cnn(-c4cc(C(F)(F)F)ccn4)c3)c21. The summed E-state index contributed by atoms with van der Waals surface area (Å²) in [6.07, 6.45) is 0.405. The fourth-order valence-corrected chi connectivity index (χ4v) is 3.93. The molecule has 0 saturated heterocycles. The summed E-state index contributed by atoms with van der Waals surface area (Å²) in [5, 5.41) is 4.71. The Morgan fingerprint density at radius 1 is 1.14 bits per heavy atom. The number of aromatic nitrogens is 4. The van der Waals surface area contributed by atoms with E-state index in [1.54, 1.807) is 29.9 Å². The summed E-state index contributed by atoms with van der Waals surface area (Å²) < 4.78 is 69.5. The first kappa shape index (κ1) is 19.0. The fraction of sp³-hybridized carbons (Fsp3) is 0.111. The molecule has 0 amide bonds. The van der Waals surface area contributed by atoms with Crippen LogP contribution in [0.2, 0.25) is 0 Å². The topological polar surface area (TPSA) is 81.8 Å². The molecule has 0 aliphatic heterocycles. The molecule has 11 heteroatoms. The molecular weight excluding hydrogens is 407 g/mol. The van der Waals surface area contributed by atoms with Crippen LogP contribution in [-0.4, -0.2) is 27.7 Å². The second kappa shape index (κ2) is 6.62. The molecule has 1 N–H and O–H groups in total. The number of para-hydroxylation sites is 1. The first-order valence-electron chi connectivity index (χ1n) is 8.30. The summed E-state index contributed by atoms with van der Waals surface area (Å²) in [5.74, 6) is -0.147. The van der Waals surface area contributed by atoms with Gasteiger partial charge in [-0.1, -0.05) is 12.1 Å². The van der Waals surface area contributed by atoms with E-state index in [-0.39, 0.29) is 10.7 Å². The lowest BCUT2D eigenvalue weighted by molar-refractivity contribution is -0.137. The molecule has 0 aliphatic carbocycles. The zero-order valence-electron chi connectivity index (χ0n) is 14.9. The lowest BCUT2D eigenvalue weighted by Crippen LogP contribution is -2.13. The predicted molar refractivity (Wildman–Crippen MR) is 100 cm³/mol. The Morgan fingerprint density at radius 3 is 2.69 bits per heavy atom. The van der Waals surface area contributed by atoms with Gasteiger partial charge in [0.1, 0.15) is 4.90 Å². The Kier molecular flexibility index (Phi) is 4.34. The van der Waals surface area contributed by atoms with Crippen LogP contribution in [0.25, 0.3) is 16.7 Å². The van der Waals surface area contributed by atoms with Gasteiger partial charge in [0.25, 0.3) is 10.0 Å². The second-order valence-corrected chi connectivity index (χ2v) is 7.98. The lowest BCUT2D eigenvalue weighted by atomic mass is 10.2. The minimum Gasteiger partial charge on any atom is -0.349 e. The maximum Gasteiger partial charge on any atom is 0.416 e. The molecule has 0 bridgehead atoms. The van der Waals surface area contributed by atoms with Gasteiger partial charge in [-0.15, -0.1) is 0 Å². The summed E-state index contributed by atoms with van der Waals surface area (Å²) in [5.41, 5.74) is 0.166. The fourth-order valence-electron chi connectivity index (χ4n) is 2.93. The van der Waals surface area contributed by atoms with Gasteiger partial charge in [0.05, 0.1) is 29.2 Å². The van der Waals surface area contributed by atoms with Crippen LogP contribution in [0.5, 0.6) is 0 Å². The van der Waals surface area contributed by atoms with Gasteiger partial charge in [-0.25, -0.2) is 18.1 Å². The van der Waals surface area contributed by atoms with Gasteiger partial charge in [-0.05, 0) is 24.3 Å². The van der Waals surface area contributed by atoms with Crippen molar-refractivity contribution in [2.24, 2.45) is 7.05 Å². The van der Waals surface area contributed by atoms with Crippen molar-refractivity contribution in [3.8, 4) is 5.82 Å². The van der Waals surface area contributed by atoms with Crippen molar-refractivity contribution in [1.82, 2.24) is 19.3 Å². The van der Waals surface area contributed by atoms with E-state index in [9.17, 15) is 21.6 Å². The summed E-state index contributed by atoms with van der Waals surface area (Å²) in [6.45, 7) is 0. The number of aryl methyl sites for hydroxylation is 1. The molecule has 0 fully saturated rings. The molecule has 3 aromatic heterocycles. The van der Waals surface area contributed by atoms with Crippen LogP contribution in [0.4, 0.5) is 18.9 Å². The van der Waals surface area contributed by atoms with E-state index in [2.05, 4.69) is 14.8 Å². The van der Waals surface area contributed by atoms with Gasteiger partial charge < -0.3 is 4.57 Å². The van der Waals surface area contributed by atoms with Crippen LogP contribution in [0, 0.1) is 0 Å². The summed E-state index contributed by atoms with van der Waals surface area (Å²) in [4.78, 5) is 3.62. The van der Waals surface area contributed by atoms with E-state index in [0.29, 0.717) is 11.2 Å². The summed E-state index contributed by atoms with van der Waals surface area (Å²) >= 11 is 0. The van der Waals surface area contributed by atoms with Crippen molar-refractivity contribution in [2.45, 2.75) is 11.1 Å². The average Bonchev–Trinajstić information content (AvgIpc) is 3.30. The first-order valence-corrected chi connectivity index (χ1v) is 9.79. The van der Waals surface area contributed by atoms with Crippen LogP contribution in [0.1, 0.15) is 5.56 Å². The highest BCUT2D eigenvalue weighted by Crippen LogP contribution is 2.30. The second-order valence-electron chi connectivity index (χ2n) is 6.30. The van der Waals surface area contributed by atoms with Crippen LogP contribution >= 0.6 is 0 Å². The van der Waals surface area contributed by atoms with Crippen molar-refractivity contribution in [2.75, 3.05) is 4.72 Å². The highest BCUT2D eigenvalue weighted by Gasteiger charge is 2.31. The van der Waals surface area contributed by atoms with Gasteiger partial charge in [-0.2, -0.15) is 18.3 Å². The third kappa shape index (κ3) is 3.56. The molecule has 7 nitrogen and oxygen atoms in total. The maximum absolute atomic E-state index is 12.9. The number of benzene rings is 1. The molecule has 0 radical (unpaired) electrons. The van der Waals surface area contributed by atoms with Gasteiger partial charge in [-0.3, -0.25) is 4.72 Å². The van der Waals surface area contributed by atoms with Crippen molar-refractivity contribution < 1.29 is 21.6 Å². The Hall–Kier alpha value is -3.34. The smallest absolute Gasteiger partial charge is 0.349 e. The lowest BCUT2D eigenvalue weighted by Gasteiger charge is -2.09. The summed E-state index contributed by atoms with van der Waals surface area (Å²) in [7, 11) is -2.23. The Labute approximate surface area is 163 Å². The standard InChI is InChI=1S/C18H14F3N5O2S/c1-25-8-6-12-3-2-4-15(17(12)25)24-29(27,28)14-10-23-26(11-14)16-9-13(5-7-22-16)18(19,20)21/h2-11,24H,1H3. The Bertz CT molecular complexity index is 1310. The molecule has 3 heterocycles. The average molecular weight is 421 g/mol. The molecular formula is C18H14F3N5O2S. The normalized spacial score (nSPS) is 12.4. The van der Waals surface area contributed by atoms with Gasteiger partial charge in [0, 0.05) is 24.8 Å². The predicted octanol–water partition coefficient (Wildman–Crippen LogP) is 3.58. The Balaban J connectivity index is 1.68. The van der Waals surface area contributed by atoms with Crippen molar-refractivity contribution in [3.05, 3.63) is 66.7 Å². The molecule has 1 aromatic carbocycles. The molecule has 0 spiro atoms. The molecule has 150 valence electrons. The summed E-state index contributed by atoms with van der Waals surface area (Å²) in [6, 6.07) is 8.66. The number of nitrogens with one attached hydrogen (secondary N) is 1. The van der Waals surface area contributed by atoms with Crippen LogP contribution in [-0.2, 0) is 23.2 Å². The number of anilines is 1. The van der Waals surface area contributed by atoms with E-state index in [4.69, 9.17) is 0 Å². The van der Waals surface area contributed by atoms with Crippen molar-refractivity contribution in [3.63, 3.8) is 0 Å². The van der Waals surface area contributed by atoms with Gasteiger partial charge in [0.15, 0.2) is 5.82 Å². The Morgan fingerprint density at radius 2 is 1.93 bits per heavy atom. The zero-order valence-corrected chi connectivity index (χ0v) is 15.7. The number of sulfonamides is 1. The van der Waals surface area contributed by atoms with E-state index < -0.39 is 21.8 Å². The van der Waals surface area contributed by atoms with Crippen molar-refractivity contribution >= 4 is 26.6 Å². The van der Waals surface area contributed by atoms with E-state index in [0.717, 1.165) is 40.8 Å². The molecule has 0 atom stereocenters. The molecule has 4 aromatic rings. The monoisotopic (exact) mass is 421 g/mol. The minimum atomic E-state index is -4.55. The molecule has 29 heavy (non-hydrogen) atoms. The number of halogens is 3. The van der Waals surface area contributed by atoms with E-state index in [1.807, 2.05) is 12.1 Å². The first-order chi connectivity index (χ1) is 13.6. The highest BCUT2D eigenvalue weighted by molar-refractivity contribution is 7.92.